The summed E-state index contributed by atoms with van der Waals surface area (Å²) >= 11 is 1.13. The van der Waals surface area contributed by atoms with Crippen LogP contribution in [0.1, 0.15) is 19.5 Å². The van der Waals surface area contributed by atoms with Crippen molar-refractivity contribution in [3.05, 3.63) is 11.9 Å². The summed E-state index contributed by atoms with van der Waals surface area (Å²) in [5.41, 5.74) is 0.778. The summed E-state index contributed by atoms with van der Waals surface area (Å²) in [6.45, 7) is 7.22. The third-order valence-electron chi connectivity index (χ3n) is 2.61. The van der Waals surface area contributed by atoms with E-state index in [1.54, 1.807) is 15.7 Å². The number of likely N-dealkylation sites (N-methyl/N-ethyl adjacent to an activating group) is 1. The van der Waals surface area contributed by atoms with E-state index in [2.05, 4.69) is 4.98 Å². The number of carbonyl (C=O) groups is 2. The van der Waals surface area contributed by atoms with E-state index in [0.717, 1.165) is 17.5 Å². The number of carbonyl (C=O) groups excluding carboxylic acids is 1. The smallest absolute Gasteiger partial charge is 0.313 e. The summed E-state index contributed by atoms with van der Waals surface area (Å²) in [4.78, 5) is 28.6. The standard InChI is InChI=1S/C12H19N3O3S/c1-4-14(5-2)10(16)7-15-6-9(3)13-12(15)19-8-11(17)18/h6H,4-5,7-8H2,1-3H3,(H,17,18). The lowest BCUT2D eigenvalue weighted by Crippen LogP contribution is -2.33. The Morgan fingerprint density at radius 2 is 2.05 bits per heavy atom. The van der Waals surface area contributed by atoms with Gasteiger partial charge in [-0.3, -0.25) is 9.59 Å². The highest BCUT2D eigenvalue weighted by Gasteiger charge is 2.14. The van der Waals surface area contributed by atoms with E-state index >= 15 is 0 Å². The SMILES string of the molecule is CCN(CC)C(=O)Cn1cc(C)nc1SCC(=O)O. The highest BCUT2D eigenvalue weighted by Crippen LogP contribution is 2.17. The predicted octanol–water partition coefficient (Wildman–Crippen LogP) is 1.24. The maximum absolute atomic E-state index is 12.0. The van der Waals surface area contributed by atoms with E-state index in [-0.39, 0.29) is 18.2 Å². The molecule has 0 atom stereocenters. The third-order valence-corrected chi connectivity index (χ3v) is 3.58. The summed E-state index contributed by atoms with van der Waals surface area (Å²) in [6, 6.07) is 0. The Morgan fingerprint density at radius 1 is 1.42 bits per heavy atom. The molecule has 0 aliphatic carbocycles. The number of amides is 1. The van der Waals surface area contributed by atoms with Gasteiger partial charge in [0.15, 0.2) is 5.16 Å². The molecule has 0 radical (unpaired) electrons. The van der Waals surface area contributed by atoms with Gasteiger partial charge < -0.3 is 14.6 Å². The summed E-state index contributed by atoms with van der Waals surface area (Å²) in [5.74, 6) is -0.942. The molecule has 0 saturated heterocycles. The van der Waals surface area contributed by atoms with E-state index in [4.69, 9.17) is 5.11 Å². The highest BCUT2D eigenvalue weighted by atomic mass is 32.2. The molecular weight excluding hydrogens is 266 g/mol. The maximum Gasteiger partial charge on any atom is 0.313 e. The molecule has 1 amide bonds. The van der Waals surface area contributed by atoms with Crippen molar-refractivity contribution in [2.24, 2.45) is 0 Å². The molecule has 0 unspecified atom stereocenters. The second-order valence-electron chi connectivity index (χ2n) is 4.04. The van der Waals surface area contributed by atoms with Crippen LogP contribution in [0.2, 0.25) is 0 Å². The third kappa shape index (κ3) is 4.59. The zero-order chi connectivity index (χ0) is 14.4. The topological polar surface area (TPSA) is 75.4 Å². The van der Waals surface area contributed by atoms with Gasteiger partial charge >= 0.3 is 5.97 Å². The molecule has 7 heteroatoms. The minimum atomic E-state index is -0.896. The number of nitrogens with zero attached hydrogens (tertiary/aromatic N) is 3. The average Bonchev–Trinajstić information content (AvgIpc) is 2.68. The number of thioether (sulfide) groups is 1. The molecule has 1 N–H and O–H groups in total. The summed E-state index contributed by atoms with van der Waals surface area (Å²) in [5, 5.41) is 9.26. The zero-order valence-corrected chi connectivity index (χ0v) is 12.2. The van der Waals surface area contributed by atoms with Crippen LogP contribution in [0.25, 0.3) is 0 Å². The molecule has 106 valence electrons. The number of rotatable bonds is 7. The van der Waals surface area contributed by atoms with E-state index in [1.165, 1.54) is 0 Å². The van der Waals surface area contributed by atoms with Crippen LogP contribution in [-0.2, 0) is 16.1 Å². The predicted molar refractivity (Wildman–Crippen MR) is 73.3 cm³/mol. The van der Waals surface area contributed by atoms with Crippen LogP contribution in [0.4, 0.5) is 0 Å². The van der Waals surface area contributed by atoms with Gasteiger partial charge in [-0.1, -0.05) is 11.8 Å². The Bertz CT molecular complexity index is 455. The Hall–Kier alpha value is -1.50. The fraction of sp³-hybridized carbons (Fsp3) is 0.583. The van der Waals surface area contributed by atoms with Gasteiger partial charge in [-0.2, -0.15) is 0 Å². The lowest BCUT2D eigenvalue weighted by atomic mass is 10.4. The molecule has 0 bridgehead atoms. The van der Waals surface area contributed by atoms with Gasteiger partial charge in [-0.25, -0.2) is 4.98 Å². The molecule has 0 spiro atoms. The van der Waals surface area contributed by atoms with Crippen molar-refractivity contribution in [2.45, 2.75) is 32.5 Å². The number of hydrogen-bond donors (Lipinski definition) is 1. The fourth-order valence-corrected chi connectivity index (χ4v) is 2.45. The van der Waals surface area contributed by atoms with E-state index in [1.807, 2.05) is 20.8 Å². The second kappa shape index (κ2) is 7.18. The molecule has 1 aromatic heterocycles. The number of hydrogen-bond acceptors (Lipinski definition) is 4. The monoisotopic (exact) mass is 285 g/mol. The van der Waals surface area contributed by atoms with E-state index in [9.17, 15) is 9.59 Å². The first kappa shape index (κ1) is 15.6. The number of carboxylic acid groups (broad SMARTS) is 1. The van der Waals surface area contributed by atoms with Crippen molar-refractivity contribution in [2.75, 3.05) is 18.8 Å². The van der Waals surface area contributed by atoms with Crippen LogP contribution in [0.5, 0.6) is 0 Å². The van der Waals surface area contributed by atoms with Crippen molar-refractivity contribution in [3.63, 3.8) is 0 Å². The first-order valence-electron chi connectivity index (χ1n) is 6.14. The van der Waals surface area contributed by atoms with E-state index in [0.29, 0.717) is 18.2 Å². The quantitative estimate of drug-likeness (QED) is 0.763. The zero-order valence-electron chi connectivity index (χ0n) is 11.4. The molecule has 1 heterocycles. The van der Waals surface area contributed by atoms with Crippen molar-refractivity contribution < 1.29 is 14.7 Å². The van der Waals surface area contributed by atoms with Crippen LogP contribution in [-0.4, -0.2) is 50.3 Å². The van der Waals surface area contributed by atoms with Crippen LogP contribution in [0.3, 0.4) is 0 Å². The van der Waals surface area contributed by atoms with Crippen LogP contribution < -0.4 is 0 Å². The molecule has 19 heavy (non-hydrogen) atoms. The van der Waals surface area contributed by atoms with Gasteiger partial charge in [0.25, 0.3) is 0 Å². The minimum Gasteiger partial charge on any atom is -0.481 e. The maximum atomic E-state index is 12.0. The van der Waals surface area contributed by atoms with Gasteiger partial charge in [0.1, 0.15) is 6.54 Å². The number of imidazole rings is 1. The van der Waals surface area contributed by atoms with Gasteiger partial charge in [0.05, 0.1) is 11.4 Å². The molecule has 6 nitrogen and oxygen atoms in total. The van der Waals surface area contributed by atoms with Crippen molar-refractivity contribution in [3.8, 4) is 0 Å². The lowest BCUT2D eigenvalue weighted by Gasteiger charge is -2.19. The van der Waals surface area contributed by atoms with Crippen LogP contribution >= 0.6 is 11.8 Å². The number of carboxylic acids is 1. The van der Waals surface area contributed by atoms with Gasteiger partial charge in [0, 0.05) is 19.3 Å². The molecule has 1 aromatic rings. The molecule has 0 fully saturated rings. The average molecular weight is 285 g/mol. The Balaban J connectivity index is 2.76. The summed E-state index contributed by atoms with van der Waals surface area (Å²) < 4.78 is 1.71. The first-order valence-corrected chi connectivity index (χ1v) is 7.12. The van der Waals surface area contributed by atoms with E-state index < -0.39 is 5.97 Å². The van der Waals surface area contributed by atoms with Crippen molar-refractivity contribution in [1.29, 1.82) is 0 Å². The van der Waals surface area contributed by atoms with Gasteiger partial charge in [-0.05, 0) is 20.8 Å². The minimum absolute atomic E-state index is 0.0135. The van der Waals surface area contributed by atoms with Crippen molar-refractivity contribution in [1.82, 2.24) is 14.5 Å². The van der Waals surface area contributed by atoms with Crippen LogP contribution in [0.15, 0.2) is 11.4 Å². The first-order chi connectivity index (χ1) is 8.97. The number of aliphatic carboxylic acids is 1. The second-order valence-corrected chi connectivity index (χ2v) is 4.98. The molecule has 1 rings (SSSR count). The Labute approximate surface area is 116 Å². The van der Waals surface area contributed by atoms with Gasteiger partial charge in [0.2, 0.25) is 5.91 Å². The molecule has 0 aliphatic heterocycles. The fourth-order valence-electron chi connectivity index (χ4n) is 1.70. The molecule has 0 saturated carbocycles. The largest absolute Gasteiger partial charge is 0.481 e. The number of aromatic nitrogens is 2. The molecule has 0 aliphatic rings. The van der Waals surface area contributed by atoms with Crippen LogP contribution in [0, 0.1) is 6.92 Å². The highest BCUT2D eigenvalue weighted by molar-refractivity contribution is 7.99. The van der Waals surface area contributed by atoms with Gasteiger partial charge in [-0.15, -0.1) is 0 Å². The Kier molecular flexibility index (Phi) is 5.88. The summed E-state index contributed by atoms with van der Waals surface area (Å²) in [7, 11) is 0. The lowest BCUT2D eigenvalue weighted by molar-refractivity contribution is -0.134. The van der Waals surface area contributed by atoms with Crippen molar-refractivity contribution >= 4 is 23.6 Å². The molecule has 0 aromatic carbocycles. The Morgan fingerprint density at radius 3 is 2.58 bits per heavy atom. The summed E-state index contributed by atoms with van der Waals surface area (Å²) in [6.07, 6.45) is 1.77. The normalized spacial score (nSPS) is 10.5. The molecular formula is C12H19N3O3S. The number of aryl methyl sites for hydroxylation is 1.